The minimum atomic E-state index is -6.95. The van der Waals surface area contributed by atoms with Gasteiger partial charge in [0.25, 0.3) is 0 Å². The van der Waals surface area contributed by atoms with Crippen molar-refractivity contribution in [2.24, 2.45) is 0 Å². The third kappa shape index (κ3) is 1.99. The minimum Gasteiger partial charge on any atom is -0.283 e. The number of rotatable bonds is 0. The number of ether oxygens (including phenoxy) is 2. The molecule has 0 aromatic rings. The van der Waals surface area contributed by atoms with Gasteiger partial charge in [0.05, 0.1) is 0 Å². The van der Waals surface area contributed by atoms with Crippen LogP contribution in [0.25, 0.3) is 0 Å². The van der Waals surface area contributed by atoms with Crippen LogP contribution >= 0.6 is 0 Å². The zero-order valence-corrected chi connectivity index (χ0v) is 8.35. The summed E-state index contributed by atoms with van der Waals surface area (Å²) in [6.07, 6.45) is -27.4. The highest BCUT2D eigenvalue weighted by Crippen LogP contribution is 2.62. The molecule has 0 spiro atoms. The van der Waals surface area contributed by atoms with Crippen molar-refractivity contribution in [3.63, 3.8) is 0 Å². The fraction of sp³-hybridized carbons (Fsp3) is 1.00. The highest BCUT2D eigenvalue weighted by molar-refractivity contribution is 5.02. The van der Waals surface area contributed by atoms with Gasteiger partial charge in [0.1, 0.15) is 0 Å². The van der Waals surface area contributed by atoms with E-state index in [9.17, 15) is 52.7 Å². The molecule has 0 amide bonds. The first kappa shape index (κ1) is 17.1. The molecule has 0 aromatic heterocycles. The molecule has 2 nitrogen and oxygen atoms in total. The third-order valence-electron chi connectivity index (χ3n) is 2.04. The lowest BCUT2D eigenvalue weighted by molar-refractivity contribution is -0.468. The molecular weight excluding hydrogens is 332 g/mol. The standard InChI is InChI=1S/C6F12O2/c7-1(3(8,9)10)6(17,18)20-2(19-1,4(11,12)13)5(14,15)16. The Morgan fingerprint density at radius 3 is 1.05 bits per heavy atom. The predicted octanol–water partition coefficient (Wildman–Crippen LogP) is 3.67. The summed E-state index contributed by atoms with van der Waals surface area (Å²) in [6.45, 7) is 0. The first-order valence-corrected chi connectivity index (χ1v) is 4.08. The van der Waals surface area contributed by atoms with Crippen LogP contribution in [0.4, 0.5) is 52.7 Å². The molecule has 1 unspecified atom stereocenters. The van der Waals surface area contributed by atoms with E-state index >= 15 is 0 Å². The van der Waals surface area contributed by atoms with E-state index in [4.69, 9.17) is 0 Å². The summed E-state index contributed by atoms with van der Waals surface area (Å²) in [6, 6.07) is 0. The van der Waals surface area contributed by atoms with Crippen LogP contribution in [0.15, 0.2) is 0 Å². The van der Waals surface area contributed by atoms with Crippen molar-refractivity contribution in [2.45, 2.75) is 36.3 Å². The maximum absolute atomic E-state index is 12.9. The van der Waals surface area contributed by atoms with Crippen molar-refractivity contribution in [3.05, 3.63) is 0 Å². The Balaban J connectivity index is 3.52. The molecule has 1 rings (SSSR count). The number of hydrogen-bond donors (Lipinski definition) is 0. The van der Waals surface area contributed by atoms with E-state index in [1.807, 2.05) is 9.47 Å². The molecule has 1 heterocycles. The average molecular weight is 332 g/mol. The molecule has 20 heavy (non-hydrogen) atoms. The fourth-order valence-electron chi connectivity index (χ4n) is 1.14. The van der Waals surface area contributed by atoms with Gasteiger partial charge in [-0.2, -0.15) is 52.7 Å². The second-order valence-electron chi connectivity index (χ2n) is 3.43. The van der Waals surface area contributed by atoms with Gasteiger partial charge >= 0.3 is 36.3 Å². The highest BCUT2D eigenvalue weighted by Gasteiger charge is 2.92. The van der Waals surface area contributed by atoms with Gasteiger partial charge in [0.15, 0.2) is 0 Å². The van der Waals surface area contributed by atoms with E-state index in [1.54, 1.807) is 0 Å². The van der Waals surface area contributed by atoms with Crippen molar-refractivity contribution < 1.29 is 62.2 Å². The summed E-state index contributed by atoms with van der Waals surface area (Å²) in [5.41, 5.74) is 0. The van der Waals surface area contributed by atoms with Crippen LogP contribution < -0.4 is 0 Å². The molecule has 0 radical (unpaired) electrons. The van der Waals surface area contributed by atoms with Gasteiger partial charge in [0, 0.05) is 0 Å². The molecule has 1 saturated heterocycles. The summed E-state index contributed by atoms with van der Waals surface area (Å²) in [5, 5.41) is 0. The Morgan fingerprint density at radius 2 is 0.900 bits per heavy atom. The summed E-state index contributed by atoms with van der Waals surface area (Å²) in [7, 11) is 0. The van der Waals surface area contributed by atoms with Gasteiger partial charge in [-0.1, -0.05) is 0 Å². The summed E-state index contributed by atoms with van der Waals surface area (Å²) < 4.78 is 151. The van der Waals surface area contributed by atoms with E-state index in [1.165, 1.54) is 0 Å². The molecule has 0 aromatic carbocycles. The molecule has 0 bridgehead atoms. The van der Waals surface area contributed by atoms with E-state index < -0.39 is 36.3 Å². The van der Waals surface area contributed by atoms with Crippen molar-refractivity contribution in [1.82, 2.24) is 0 Å². The van der Waals surface area contributed by atoms with Gasteiger partial charge in [-0.25, -0.2) is 0 Å². The van der Waals surface area contributed by atoms with E-state index in [0.717, 1.165) is 0 Å². The molecule has 1 aliphatic rings. The summed E-state index contributed by atoms with van der Waals surface area (Å²) >= 11 is 0. The van der Waals surface area contributed by atoms with Gasteiger partial charge < -0.3 is 0 Å². The Labute approximate surface area is 99.8 Å². The molecule has 1 atom stereocenters. The normalized spacial score (nSPS) is 30.6. The molecule has 0 aliphatic carbocycles. The molecule has 0 saturated carbocycles. The van der Waals surface area contributed by atoms with Crippen LogP contribution in [-0.2, 0) is 9.47 Å². The van der Waals surface area contributed by atoms with Crippen LogP contribution in [-0.4, -0.2) is 36.3 Å². The van der Waals surface area contributed by atoms with Crippen LogP contribution in [0.2, 0.25) is 0 Å². The quantitative estimate of drug-likeness (QED) is 0.630. The Kier molecular flexibility index (Phi) is 3.29. The van der Waals surface area contributed by atoms with Gasteiger partial charge in [-0.15, -0.1) is 0 Å². The van der Waals surface area contributed by atoms with Crippen LogP contribution in [0.5, 0.6) is 0 Å². The van der Waals surface area contributed by atoms with E-state index in [2.05, 4.69) is 0 Å². The van der Waals surface area contributed by atoms with Crippen LogP contribution in [0, 0.1) is 0 Å². The lowest BCUT2D eigenvalue weighted by Crippen LogP contribution is -2.59. The lowest BCUT2D eigenvalue weighted by Gasteiger charge is -2.31. The molecular formula is C6F12O2. The first-order chi connectivity index (χ1) is 8.41. The maximum Gasteiger partial charge on any atom is 0.458 e. The Bertz CT molecular complexity index is 376. The monoisotopic (exact) mass is 332 g/mol. The van der Waals surface area contributed by atoms with Crippen molar-refractivity contribution in [3.8, 4) is 0 Å². The number of hydrogen-bond acceptors (Lipinski definition) is 2. The minimum absolute atomic E-state index is 2.01. The Hall–Kier alpha value is -0.920. The lowest BCUT2D eigenvalue weighted by atomic mass is 10.2. The molecule has 120 valence electrons. The smallest absolute Gasteiger partial charge is 0.283 e. The summed E-state index contributed by atoms with van der Waals surface area (Å²) in [4.78, 5) is 0. The van der Waals surface area contributed by atoms with Gasteiger partial charge in [-0.05, 0) is 0 Å². The number of halogens is 12. The van der Waals surface area contributed by atoms with Gasteiger partial charge in [0.2, 0.25) is 0 Å². The zero-order valence-electron chi connectivity index (χ0n) is 8.35. The van der Waals surface area contributed by atoms with Crippen LogP contribution in [0.1, 0.15) is 0 Å². The average Bonchev–Trinajstić information content (AvgIpc) is 2.32. The first-order valence-electron chi connectivity index (χ1n) is 4.08. The fourth-order valence-corrected chi connectivity index (χ4v) is 1.14. The Morgan fingerprint density at radius 1 is 0.550 bits per heavy atom. The zero-order chi connectivity index (χ0) is 16.4. The molecule has 14 heteroatoms. The SMILES string of the molecule is FC(F)(F)C1(F)OC(C(F)(F)F)(C(F)(F)F)OC1(F)F. The topological polar surface area (TPSA) is 18.5 Å². The number of alkyl halides is 12. The van der Waals surface area contributed by atoms with E-state index in [-0.39, 0.29) is 0 Å². The molecule has 1 fully saturated rings. The van der Waals surface area contributed by atoms with E-state index in [0.29, 0.717) is 0 Å². The summed E-state index contributed by atoms with van der Waals surface area (Å²) in [5.74, 6) is -13.1. The second-order valence-corrected chi connectivity index (χ2v) is 3.43. The van der Waals surface area contributed by atoms with Crippen molar-refractivity contribution in [2.75, 3.05) is 0 Å². The van der Waals surface area contributed by atoms with Crippen molar-refractivity contribution >= 4 is 0 Å². The highest BCUT2D eigenvalue weighted by atomic mass is 19.4. The van der Waals surface area contributed by atoms with Crippen LogP contribution in [0.3, 0.4) is 0 Å². The third-order valence-corrected chi connectivity index (χ3v) is 2.04. The molecule has 0 N–H and O–H groups in total. The second kappa shape index (κ2) is 3.84. The predicted molar refractivity (Wildman–Crippen MR) is 31.9 cm³/mol. The molecule has 1 aliphatic heterocycles. The maximum atomic E-state index is 12.9. The van der Waals surface area contributed by atoms with Gasteiger partial charge in [-0.3, -0.25) is 9.47 Å². The van der Waals surface area contributed by atoms with Crippen molar-refractivity contribution in [1.29, 1.82) is 0 Å². The largest absolute Gasteiger partial charge is 0.458 e.